The third-order valence-electron chi connectivity index (χ3n) is 2.43. The van der Waals surface area contributed by atoms with Crippen molar-refractivity contribution >= 4 is 29.9 Å². The lowest BCUT2D eigenvalue weighted by Crippen LogP contribution is -2.31. The van der Waals surface area contributed by atoms with Crippen molar-refractivity contribution in [1.82, 2.24) is 5.32 Å². The summed E-state index contributed by atoms with van der Waals surface area (Å²) < 4.78 is 0. The standard InChI is InChI=1S/C12H17ClN2O.ClH/c1-8(6-14)7-15-12(16)10-3-4-11(13)9(2)5-10;/h3-5,8H,6-7,14H2,1-2H3,(H,15,16);1H. The highest BCUT2D eigenvalue weighted by Gasteiger charge is 2.08. The van der Waals surface area contributed by atoms with Crippen molar-refractivity contribution in [2.75, 3.05) is 13.1 Å². The molecule has 1 aromatic carbocycles. The monoisotopic (exact) mass is 276 g/mol. The van der Waals surface area contributed by atoms with E-state index < -0.39 is 0 Å². The number of hydrogen-bond acceptors (Lipinski definition) is 2. The van der Waals surface area contributed by atoms with E-state index in [9.17, 15) is 4.79 Å². The summed E-state index contributed by atoms with van der Waals surface area (Å²) in [5.74, 6) is 0.206. The highest BCUT2D eigenvalue weighted by atomic mass is 35.5. The van der Waals surface area contributed by atoms with Crippen LogP contribution in [0.1, 0.15) is 22.8 Å². The van der Waals surface area contributed by atoms with E-state index in [0.29, 0.717) is 23.7 Å². The molecular formula is C12H18Cl2N2O. The number of halogens is 2. The minimum Gasteiger partial charge on any atom is -0.352 e. The maximum atomic E-state index is 11.7. The van der Waals surface area contributed by atoms with E-state index >= 15 is 0 Å². The highest BCUT2D eigenvalue weighted by Crippen LogP contribution is 2.16. The third kappa shape index (κ3) is 4.94. The molecule has 1 aromatic rings. The molecule has 0 saturated heterocycles. The second kappa shape index (κ2) is 7.54. The van der Waals surface area contributed by atoms with Crippen LogP contribution >= 0.6 is 24.0 Å². The number of amides is 1. The Hall–Kier alpha value is -0.770. The summed E-state index contributed by atoms with van der Waals surface area (Å²) in [5.41, 5.74) is 7.01. The number of hydrogen-bond donors (Lipinski definition) is 2. The molecule has 0 spiro atoms. The molecule has 3 nitrogen and oxygen atoms in total. The Morgan fingerprint density at radius 1 is 1.53 bits per heavy atom. The largest absolute Gasteiger partial charge is 0.352 e. The minimum absolute atomic E-state index is 0. The molecule has 96 valence electrons. The van der Waals surface area contributed by atoms with Gasteiger partial charge in [-0.15, -0.1) is 12.4 Å². The number of rotatable bonds is 4. The average molecular weight is 277 g/mol. The van der Waals surface area contributed by atoms with E-state index in [1.165, 1.54) is 0 Å². The zero-order valence-corrected chi connectivity index (χ0v) is 11.6. The van der Waals surface area contributed by atoms with Crippen molar-refractivity contribution in [3.05, 3.63) is 34.3 Å². The van der Waals surface area contributed by atoms with Crippen LogP contribution in [0, 0.1) is 12.8 Å². The molecule has 0 radical (unpaired) electrons. The van der Waals surface area contributed by atoms with Crippen molar-refractivity contribution in [3.8, 4) is 0 Å². The number of aryl methyl sites for hydroxylation is 1. The molecule has 0 saturated carbocycles. The second-order valence-corrected chi connectivity index (χ2v) is 4.42. The first kappa shape index (κ1) is 16.2. The van der Waals surface area contributed by atoms with Gasteiger partial charge in [-0.05, 0) is 43.1 Å². The number of carbonyl (C=O) groups excluding carboxylic acids is 1. The molecule has 1 rings (SSSR count). The SMILES string of the molecule is Cc1cc(C(=O)NCC(C)CN)ccc1Cl.Cl. The number of benzene rings is 1. The summed E-state index contributed by atoms with van der Waals surface area (Å²) in [7, 11) is 0. The van der Waals surface area contributed by atoms with Gasteiger partial charge in [0, 0.05) is 17.1 Å². The van der Waals surface area contributed by atoms with Crippen molar-refractivity contribution in [2.24, 2.45) is 11.7 Å². The maximum Gasteiger partial charge on any atom is 0.251 e. The summed E-state index contributed by atoms with van der Waals surface area (Å²) in [4.78, 5) is 11.7. The fourth-order valence-electron chi connectivity index (χ4n) is 1.24. The predicted molar refractivity (Wildman–Crippen MR) is 74.0 cm³/mol. The first-order valence-electron chi connectivity index (χ1n) is 5.29. The minimum atomic E-state index is -0.0833. The van der Waals surface area contributed by atoms with Crippen LogP contribution < -0.4 is 11.1 Å². The molecule has 1 atom stereocenters. The van der Waals surface area contributed by atoms with Crippen LogP contribution in [0.25, 0.3) is 0 Å². The average Bonchev–Trinajstić information content (AvgIpc) is 2.29. The van der Waals surface area contributed by atoms with Gasteiger partial charge in [-0.3, -0.25) is 4.79 Å². The molecule has 0 aliphatic rings. The first-order valence-corrected chi connectivity index (χ1v) is 5.66. The molecule has 17 heavy (non-hydrogen) atoms. The van der Waals surface area contributed by atoms with Crippen LogP contribution in [0.3, 0.4) is 0 Å². The fraction of sp³-hybridized carbons (Fsp3) is 0.417. The van der Waals surface area contributed by atoms with Gasteiger partial charge in [0.05, 0.1) is 0 Å². The fourth-order valence-corrected chi connectivity index (χ4v) is 1.36. The van der Waals surface area contributed by atoms with Crippen LogP contribution in [-0.4, -0.2) is 19.0 Å². The zero-order chi connectivity index (χ0) is 12.1. The lowest BCUT2D eigenvalue weighted by atomic mass is 10.1. The summed E-state index contributed by atoms with van der Waals surface area (Å²) in [6.07, 6.45) is 0. The van der Waals surface area contributed by atoms with Gasteiger partial charge in [-0.2, -0.15) is 0 Å². The van der Waals surface area contributed by atoms with Gasteiger partial charge in [-0.25, -0.2) is 0 Å². The van der Waals surface area contributed by atoms with Gasteiger partial charge in [0.25, 0.3) is 5.91 Å². The summed E-state index contributed by atoms with van der Waals surface area (Å²) in [6, 6.07) is 5.24. The summed E-state index contributed by atoms with van der Waals surface area (Å²) in [6.45, 7) is 5.03. The third-order valence-corrected chi connectivity index (χ3v) is 2.86. The second-order valence-electron chi connectivity index (χ2n) is 4.01. The van der Waals surface area contributed by atoms with E-state index in [-0.39, 0.29) is 24.2 Å². The van der Waals surface area contributed by atoms with E-state index in [4.69, 9.17) is 17.3 Å². The molecule has 0 aliphatic carbocycles. The van der Waals surface area contributed by atoms with Gasteiger partial charge in [0.15, 0.2) is 0 Å². The quantitative estimate of drug-likeness (QED) is 0.887. The summed E-state index contributed by atoms with van der Waals surface area (Å²) >= 11 is 5.89. The number of nitrogens with one attached hydrogen (secondary N) is 1. The molecule has 0 aliphatic heterocycles. The van der Waals surface area contributed by atoms with E-state index in [2.05, 4.69) is 5.32 Å². The van der Waals surface area contributed by atoms with Crippen LogP contribution in [0.15, 0.2) is 18.2 Å². The Bertz CT molecular complexity index is 383. The molecule has 0 bridgehead atoms. The molecule has 5 heteroatoms. The van der Waals surface area contributed by atoms with Gasteiger partial charge in [0.1, 0.15) is 0 Å². The molecule has 0 aromatic heterocycles. The topological polar surface area (TPSA) is 55.1 Å². The molecule has 1 unspecified atom stereocenters. The van der Waals surface area contributed by atoms with Crippen LogP contribution in [0.4, 0.5) is 0 Å². The van der Waals surface area contributed by atoms with Crippen molar-refractivity contribution < 1.29 is 4.79 Å². The molecule has 3 N–H and O–H groups in total. The Balaban J connectivity index is 0.00000256. The highest BCUT2D eigenvalue weighted by molar-refractivity contribution is 6.31. The van der Waals surface area contributed by atoms with E-state index in [1.54, 1.807) is 18.2 Å². The molecular weight excluding hydrogens is 259 g/mol. The lowest BCUT2D eigenvalue weighted by molar-refractivity contribution is 0.0948. The van der Waals surface area contributed by atoms with Crippen molar-refractivity contribution in [1.29, 1.82) is 0 Å². The molecule has 1 amide bonds. The van der Waals surface area contributed by atoms with Crippen molar-refractivity contribution in [2.45, 2.75) is 13.8 Å². The van der Waals surface area contributed by atoms with E-state index in [1.807, 2.05) is 13.8 Å². The maximum absolute atomic E-state index is 11.7. The first-order chi connectivity index (χ1) is 7.54. The Labute approximate surface area is 113 Å². The summed E-state index contributed by atoms with van der Waals surface area (Å²) in [5, 5.41) is 3.51. The molecule has 0 heterocycles. The number of carbonyl (C=O) groups is 1. The van der Waals surface area contributed by atoms with Crippen LogP contribution in [-0.2, 0) is 0 Å². The number of nitrogens with two attached hydrogens (primary N) is 1. The zero-order valence-electron chi connectivity index (χ0n) is 10.00. The van der Waals surface area contributed by atoms with E-state index in [0.717, 1.165) is 5.56 Å². The smallest absolute Gasteiger partial charge is 0.251 e. The predicted octanol–water partition coefficient (Wildman–Crippen LogP) is 2.39. The van der Waals surface area contributed by atoms with Crippen LogP contribution in [0.2, 0.25) is 5.02 Å². The van der Waals surface area contributed by atoms with Gasteiger partial charge >= 0.3 is 0 Å². The van der Waals surface area contributed by atoms with Gasteiger partial charge < -0.3 is 11.1 Å². The molecule has 0 fully saturated rings. The van der Waals surface area contributed by atoms with Gasteiger partial charge in [-0.1, -0.05) is 18.5 Å². The van der Waals surface area contributed by atoms with Gasteiger partial charge in [0.2, 0.25) is 0 Å². The normalized spacial score (nSPS) is 11.5. The Kier molecular flexibility index (Phi) is 7.19. The Morgan fingerprint density at radius 2 is 2.18 bits per heavy atom. The Morgan fingerprint density at radius 3 is 2.71 bits per heavy atom. The van der Waals surface area contributed by atoms with Crippen molar-refractivity contribution in [3.63, 3.8) is 0 Å². The lowest BCUT2D eigenvalue weighted by Gasteiger charge is -2.10. The van der Waals surface area contributed by atoms with Crippen LogP contribution in [0.5, 0.6) is 0 Å².